The van der Waals surface area contributed by atoms with Crippen LogP contribution in [0.25, 0.3) is 0 Å². The highest BCUT2D eigenvalue weighted by molar-refractivity contribution is 5.96. The van der Waals surface area contributed by atoms with Crippen molar-refractivity contribution in [2.24, 2.45) is 11.8 Å². The van der Waals surface area contributed by atoms with Gasteiger partial charge in [0, 0.05) is 25.2 Å². The van der Waals surface area contributed by atoms with Gasteiger partial charge >= 0.3 is 0 Å². The number of ether oxygens (including phenoxy) is 1. The standard InChI is InChI=1S/C27H34O2/c1-2-20-5-9-24(10-6-20)27(28)19-23-8-12-25-17-22(7-11-26(25)18-23)4-3-21-13-15-29-16-14-21/h5-7,9-11,17,21,23H,2-4,8,12-16,18-19H2,1H3/t23-/m0/s1. The molecule has 2 aromatic carbocycles. The predicted molar refractivity (Wildman–Crippen MR) is 119 cm³/mol. The summed E-state index contributed by atoms with van der Waals surface area (Å²) in [5.74, 6) is 1.62. The molecule has 2 heteroatoms. The first-order valence-corrected chi connectivity index (χ1v) is 11.5. The summed E-state index contributed by atoms with van der Waals surface area (Å²) in [5, 5.41) is 0. The van der Waals surface area contributed by atoms with Crippen LogP contribution in [0.3, 0.4) is 0 Å². The molecule has 4 rings (SSSR count). The monoisotopic (exact) mass is 390 g/mol. The number of hydrogen-bond acceptors (Lipinski definition) is 2. The van der Waals surface area contributed by atoms with Crippen molar-refractivity contribution in [2.75, 3.05) is 13.2 Å². The van der Waals surface area contributed by atoms with Gasteiger partial charge in [0.2, 0.25) is 0 Å². The molecular weight excluding hydrogens is 356 g/mol. The molecule has 1 saturated heterocycles. The Hall–Kier alpha value is -1.93. The quantitative estimate of drug-likeness (QED) is 0.543. The summed E-state index contributed by atoms with van der Waals surface area (Å²) < 4.78 is 5.48. The lowest BCUT2D eigenvalue weighted by Gasteiger charge is -2.25. The molecule has 0 saturated carbocycles. The van der Waals surface area contributed by atoms with E-state index in [0.717, 1.165) is 50.4 Å². The van der Waals surface area contributed by atoms with E-state index < -0.39 is 0 Å². The van der Waals surface area contributed by atoms with Gasteiger partial charge in [-0.1, -0.05) is 49.4 Å². The van der Waals surface area contributed by atoms with E-state index in [9.17, 15) is 4.79 Å². The molecule has 1 aliphatic heterocycles. The first-order chi connectivity index (χ1) is 14.2. The maximum Gasteiger partial charge on any atom is 0.163 e. The van der Waals surface area contributed by atoms with Crippen molar-refractivity contribution in [1.29, 1.82) is 0 Å². The SMILES string of the molecule is CCc1ccc(C(=O)C[C@H]2CCc3cc(CCC4CCOCC4)ccc3C2)cc1. The van der Waals surface area contributed by atoms with E-state index >= 15 is 0 Å². The predicted octanol–water partition coefficient (Wildman–Crippen LogP) is 5.99. The van der Waals surface area contributed by atoms with Crippen LogP contribution in [0.1, 0.15) is 71.6 Å². The van der Waals surface area contributed by atoms with Crippen molar-refractivity contribution in [3.8, 4) is 0 Å². The van der Waals surface area contributed by atoms with E-state index in [1.54, 1.807) is 0 Å². The number of rotatable bonds is 7. The smallest absolute Gasteiger partial charge is 0.163 e. The first kappa shape index (κ1) is 20.3. The van der Waals surface area contributed by atoms with Gasteiger partial charge < -0.3 is 4.74 Å². The van der Waals surface area contributed by atoms with Crippen LogP contribution < -0.4 is 0 Å². The minimum Gasteiger partial charge on any atom is -0.381 e. The number of hydrogen-bond donors (Lipinski definition) is 0. The molecule has 1 heterocycles. The van der Waals surface area contributed by atoms with Gasteiger partial charge in [-0.2, -0.15) is 0 Å². The molecule has 1 fully saturated rings. The molecule has 2 nitrogen and oxygen atoms in total. The number of aryl methyl sites for hydroxylation is 3. The second-order valence-electron chi connectivity index (χ2n) is 8.98. The molecule has 2 aliphatic rings. The summed E-state index contributed by atoms with van der Waals surface area (Å²) in [6.07, 6.45) is 9.92. The summed E-state index contributed by atoms with van der Waals surface area (Å²) >= 11 is 0. The Kier molecular flexibility index (Phi) is 6.82. The van der Waals surface area contributed by atoms with E-state index in [2.05, 4.69) is 37.3 Å². The molecule has 0 spiro atoms. The van der Waals surface area contributed by atoms with Crippen molar-refractivity contribution >= 4 is 5.78 Å². The van der Waals surface area contributed by atoms with E-state index in [0.29, 0.717) is 18.1 Å². The van der Waals surface area contributed by atoms with Crippen molar-refractivity contribution in [1.82, 2.24) is 0 Å². The molecular formula is C27H34O2. The Labute approximate surface area is 175 Å². The summed E-state index contributed by atoms with van der Waals surface area (Å²) in [6, 6.07) is 15.3. The van der Waals surface area contributed by atoms with E-state index in [1.807, 2.05) is 12.1 Å². The van der Waals surface area contributed by atoms with Crippen molar-refractivity contribution in [2.45, 2.75) is 64.7 Å². The molecule has 0 radical (unpaired) electrons. The Morgan fingerprint density at radius 1 is 0.931 bits per heavy atom. The molecule has 154 valence electrons. The highest BCUT2D eigenvalue weighted by Crippen LogP contribution is 2.30. The zero-order valence-corrected chi connectivity index (χ0v) is 17.8. The second-order valence-corrected chi connectivity index (χ2v) is 8.98. The zero-order valence-electron chi connectivity index (χ0n) is 17.8. The highest BCUT2D eigenvalue weighted by Gasteiger charge is 2.22. The lowest BCUT2D eigenvalue weighted by molar-refractivity contribution is 0.0640. The molecule has 0 N–H and O–H groups in total. The molecule has 2 aromatic rings. The summed E-state index contributed by atoms with van der Waals surface area (Å²) in [5.41, 5.74) is 6.63. The fourth-order valence-electron chi connectivity index (χ4n) is 4.93. The third kappa shape index (κ3) is 5.36. The zero-order chi connectivity index (χ0) is 20.1. The fraction of sp³-hybridized carbons (Fsp3) is 0.519. The largest absolute Gasteiger partial charge is 0.381 e. The molecule has 0 amide bonds. The third-order valence-corrected chi connectivity index (χ3v) is 6.94. The van der Waals surface area contributed by atoms with Crippen LogP contribution >= 0.6 is 0 Å². The molecule has 0 bridgehead atoms. The van der Waals surface area contributed by atoms with Crippen LogP contribution in [0.5, 0.6) is 0 Å². The summed E-state index contributed by atoms with van der Waals surface area (Å²) in [7, 11) is 0. The minimum atomic E-state index is 0.300. The number of benzene rings is 2. The van der Waals surface area contributed by atoms with Crippen molar-refractivity contribution < 1.29 is 9.53 Å². The lowest BCUT2D eigenvalue weighted by Crippen LogP contribution is -2.18. The molecule has 1 atom stereocenters. The number of ketones is 1. The van der Waals surface area contributed by atoms with Crippen LogP contribution in [0.2, 0.25) is 0 Å². The van der Waals surface area contributed by atoms with Gasteiger partial charge in [0.05, 0.1) is 0 Å². The Morgan fingerprint density at radius 2 is 1.69 bits per heavy atom. The van der Waals surface area contributed by atoms with Gasteiger partial charge in [-0.3, -0.25) is 4.79 Å². The average Bonchev–Trinajstić information content (AvgIpc) is 2.78. The topological polar surface area (TPSA) is 26.3 Å². The Morgan fingerprint density at radius 3 is 2.45 bits per heavy atom. The van der Waals surface area contributed by atoms with Crippen LogP contribution in [0, 0.1) is 11.8 Å². The molecule has 29 heavy (non-hydrogen) atoms. The fourth-order valence-corrected chi connectivity index (χ4v) is 4.93. The lowest BCUT2D eigenvalue weighted by atomic mass is 9.80. The van der Waals surface area contributed by atoms with E-state index in [4.69, 9.17) is 4.74 Å². The maximum absolute atomic E-state index is 12.7. The molecule has 0 unspecified atom stereocenters. The Balaban J connectivity index is 1.31. The second kappa shape index (κ2) is 9.71. The van der Waals surface area contributed by atoms with Crippen molar-refractivity contribution in [3.63, 3.8) is 0 Å². The van der Waals surface area contributed by atoms with Crippen molar-refractivity contribution in [3.05, 3.63) is 70.3 Å². The maximum atomic E-state index is 12.7. The van der Waals surface area contributed by atoms with Gasteiger partial charge in [-0.25, -0.2) is 0 Å². The molecule has 0 aromatic heterocycles. The number of Topliss-reactive ketones (excluding diaryl/α,β-unsaturated/α-hetero) is 1. The van der Waals surface area contributed by atoms with Gasteiger partial charge in [0.1, 0.15) is 0 Å². The first-order valence-electron chi connectivity index (χ1n) is 11.5. The van der Waals surface area contributed by atoms with E-state index in [-0.39, 0.29) is 0 Å². The summed E-state index contributed by atoms with van der Waals surface area (Å²) in [4.78, 5) is 12.7. The molecule has 1 aliphatic carbocycles. The van der Waals surface area contributed by atoms with Crippen LogP contribution in [0.4, 0.5) is 0 Å². The number of carbonyl (C=O) groups excluding carboxylic acids is 1. The van der Waals surface area contributed by atoms with E-state index in [1.165, 1.54) is 47.9 Å². The minimum absolute atomic E-state index is 0.300. The van der Waals surface area contributed by atoms with Gasteiger partial charge in [-0.15, -0.1) is 0 Å². The third-order valence-electron chi connectivity index (χ3n) is 6.94. The van der Waals surface area contributed by atoms with Crippen LogP contribution in [-0.2, 0) is 30.4 Å². The van der Waals surface area contributed by atoms with Crippen LogP contribution in [0.15, 0.2) is 42.5 Å². The average molecular weight is 391 g/mol. The van der Waals surface area contributed by atoms with Gasteiger partial charge in [0.25, 0.3) is 0 Å². The number of carbonyl (C=O) groups is 1. The van der Waals surface area contributed by atoms with Crippen LogP contribution in [-0.4, -0.2) is 19.0 Å². The Bertz CT molecular complexity index is 815. The summed E-state index contributed by atoms with van der Waals surface area (Å²) in [6.45, 7) is 4.03. The highest BCUT2D eigenvalue weighted by atomic mass is 16.5. The van der Waals surface area contributed by atoms with Gasteiger partial charge in [0.15, 0.2) is 5.78 Å². The normalized spacial score (nSPS) is 19.7. The van der Waals surface area contributed by atoms with Gasteiger partial charge in [-0.05, 0) is 85.5 Å². The number of fused-ring (bicyclic) bond motifs is 1.